The maximum Gasteiger partial charge on any atom is 0.335 e. The second-order valence-electron chi connectivity index (χ2n) is 5.46. The minimum absolute atomic E-state index is 0.153. The number of carbonyl (C=O) groups excluding carboxylic acids is 2. The van der Waals surface area contributed by atoms with Gasteiger partial charge in [-0.15, -0.1) is 0 Å². The summed E-state index contributed by atoms with van der Waals surface area (Å²) in [5, 5.41) is 8.90. The second-order valence-corrected chi connectivity index (χ2v) is 6.31. The molecule has 1 N–H and O–H groups in total. The number of nitrogens with zero attached hydrogens (tertiary/aromatic N) is 1. The first kappa shape index (κ1) is 14.7. The normalized spacial score (nSPS) is 17.6. The molecule has 0 bridgehead atoms. The van der Waals surface area contributed by atoms with Crippen molar-refractivity contribution in [3.63, 3.8) is 0 Å². The van der Waals surface area contributed by atoms with Crippen molar-refractivity contribution in [3.05, 3.63) is 33.8 Å². The number of amides is 2. The molecule has 0 atom stereocenters. The highest BCUT2D eigenvalue weighted by molar-refractivity contribution is 9.10. The number of imide groups is 1. The highest BCUT2D eigenvalue weighted by atomic mass is 79.9. The molecule has 1 aliphatic rings. The Labute approximate surface area is 124 Å². The molecule has 0 radical (unpaired) electrons. The van der Waals surface area contributed by atoms with Crippen LogP contribution in [-0.4, -0.2) is 27.8 Å². The Morgan fingerprint density at radius 1 is 1.40 bits per heavy atom. The fourth-order valence-electron chi connectivity index (χ4n) is 2.17. The Morgan fingerprint density at radius 2 is 2.05 bits per heavy atom. The van der Waals surface area contributed by atoms with Gasteiger partial charge in [0.05, 0.1) is 17.5 Å². The molecule has 0 aliphatic carbocycles. The molecule has 1 aromatic carbocycles. The third-order valence-electron chi connectivity index (χ3n) is 3.35. The number of carboxylic acids is 1. The number of hydrogen-bond acceptors (Lipinski definition) is 3. The van der Waals surface area contributed by atoms with Gasteiger partial charge in [-0.2, -0.15) is 0 Å². The summed E-state index contributed by atoms with van der Waals surface area (Å²) >= 11 is 3.28. The van der Waals surface area contributed by atoms with E-state index in [9.17, 15) is 14.4 Å². The van der Waals surface area contributed by atoms with E-state index < -0.39 is 11.4 Å². The summed E-state index contributed by atoms with van der Waals surface area (Å²) in [6.07, 6.45) is 0.205. The van der Waals surface area contributed by atoms with Crippen LogP contribution in [-0.2, 0) is 16.1 Å². The van der Waals surface area contributed by atoms with Gasteiger partial charge >= 0.3 is 5.97 Å². The van der Waals surface area contributed by atoms with Crippen molar-refractivity contribution in [2.75, 3.05) is 0 Å². The third kappa shape index (κ3) is 2.60. The lowest BCUT2D eigenvalue weighted by atomic mass is 9.92. The molecule has 1 aromatic rings. The van der Waals surface area contributed by atoms with Crippen LogP contribution in [0, 0.1) is 5.41 Å². The quantitative estimate of drug-likeness (QED) is 0.858. The summed E-state index contributed by atoms with van der Waals surface area (Å²) in [5.74, 6) is -1.42. The SMILES string of the molecule is CC1(C)CC(=O)N(Cc2ccc(C(=O)O)cc2Br)C1=O. The molecule has 1 aliphatic heterocycles. The minimum atomic E-state index is -1.02. The van der Waals surface area contributed by atoms with Crippen LogP contribution < -0.4 is 0 Å². The zero-order chi connectivity index (χ0) is 15.1. The largest absolute Gasteiger partial charge is 0.478 e. The summed E-state index contributed by atoms with van der Waals surface area (Å²) < 4.78 is 0.572. The molecule has 1 saturated heterocycles. The minimum Gasteiger partial charge on any atom is -0.478 e. The smallest absolute Gasteiger partial charge is 0.335 e. The van der Waals surface area contributed by atoms with Crippen molar-refractivity contribution >= 4 is 33.7 Å². The molecule has 1 fully saturated rings. The Kier molecular flexibility index (Phi) is 3.69. The fourth-order valence-corrected chi connectivity index (χ4v) is 2.67. The third-order valence-corrected chi connectivity index (χ3v) is 4.09. The van der Waals surface area contributed by atoms with Crippen LogP contribution in [0.2, 0.25) is 0 Å². The lowest BCUT2D eigenvalue weighted by Crippen LogP contribution is -2.32. The maximum atomic E-state index is 12.1. The first-order valence-electron chi connectivity index (χ1n) is 6.09. The highest BCUT2D eigenvalue weighted by Gasteiger charge is 2.44. The average molecular weight is 340 g/mol. The van der Waals surface area contributed by atoms with Crippen molar-refractivity contribution in [1.29, 1.82) is 0 Å². The van der Waals surface area contributed by atoms with E-state index in [0.717, 1.165) is 0 Å². The lowest BCUT2D eigenvalue weighted by molar-refractivity contribution is -0.141. The van der Waals surface area contributed by atoms with Gasteiger partial charge in [-0.3, -0.25) is 14.5 Å². The Morgan fingerprint density at radius 3 is 2.50 bits per heavy atom. The second kappa shape index (κ2) is 5.01. The van der Waals surface area contributed by atoms with Gasteiger partial charge in [0, 0.05) is 10.9 Å². The van der Waals surface area contributed by atoms with Crippen LogP contribution in [0.5, 0.6) is 0 Å². The van der Waals surface area contributed by atoms with Gasteiger partial charge in [-0.1, -0.05) is 35.8 Å². The van der Waals surface area contributed by atoms with Crippen molar-refractivity contribution in [2.24, 2.45) is 5.41 Å². The summed E-state index contributed by atoms with van der Waals surface area (Å²) in [4.78, 5) is 36.1. The number of rotatable bonds is 3. The molecule has 0 spiro atoms. The Balaban J connectivity index is 2.25. The van der Waals surface area contributed by atoms with Crippen LogP contribution in [0.15, 0.2) is 22.7 Å². The van der Waals surface area contributed by atoms with E-state index >= 15 is 0 Å². The van der Waals surface area contributed by atoms with Gasteiger partial charge in [0.2, 0.25) is 11.8 Å². The molecule has 6 heteroatoms. The van der Waals surface area contributed by atoms with Crippen molar-refractivity contribution < 1.29 is 19.5 Å². The zero-order valence-corrected chi connectivity index (χ0v) is 12.7. The zero-order valence-electron chi connectivity index (χ0n) is 11.1. The van der Waals surface area contributed by atoms with E-state index in [-0.39, 0.29) is 30.3 Å². The first-order valence-corrected chi connectivity index (χ1v) is 6.88. The molecule has 0 unspecified atom stereocenters. The van der Waals surface area contributed by atoms with E-state index in [0.29, 0.717) is 10.0 Å². The predicted molar refractivity (Wildman–Crippen MR) is 75.1 cm³/mol. The maximum absolute atomic E-state index is 12.1. The number of benzene rings is 1. The van der Waals surface area contributed by atoms with Gasteiger partial charge in [0.1, 0.15) is 0 Å². The van der Waals surface area contributed by atoms with Gasteiger partial charge in [-0.25, -0.2) is 4.79 Å². The number of carboxylic acid groups (broad SMARTS) is 1. The Bertz CT molecular complexity index is 609. The van der Waals surface area contributed by atoms with Crippen molar-refractivity contribution in [2.45, 2.75) is 26.8 Å². The fraction of sp³-hybridized carbons (Fsp3) is 0.357. The summed E-state index contributed by atoms with van der Waals surface area (Å²) in [7, 11) is 0. The number of likely N-dealkylation sites (tertiary alicyclic amines) is 1. The Hall–Kier alpha value is -1.69. The lowest BCUT2D eigenvalue weighted by Gasteiger charge is -2.18. The summed E-state index contributed by atoms with van der Waals surface area (Å²) in [6, 6.07) is 4.53. The first-order chi connectivity index (χ1) is 9.22. The molecule has 5 nitrogen and oxygen atoms in total. The summed E-state index contributed by atoms with van der Waals surface area (Å²) in [6.45, 7) is 3.65. The molecule has 1 heterocycles. The number of halogens is 1. The highest BCUT2D eigenvalue weighted by Crippen LogP contribution is 2.33. The van der Waals surface area contributed by atoms with Gasteiger partial charge in [0.25, 0.3) is 0 Å². The van der Waals surface area contributed by atoms with E-state index in [1.807, 2.05) is 0 Å². The van der Waals surface area contributed by atoms with Crippen LogP contribution in [0.1, 0.15) is 36.2 Å². The number of aromatic carboxylic acids is 1. The number of hydrogen-bond donors (Lipinski definition) is 1. The van der Waals surface area contributed by atoms with Gasteiger partial charge in [-0.05, 0) is 17.7 Å². The van der Waals surface area contributed by atoms with Crippen LogP contribution in [0.25, 0.3) is 0 Å². The molecule has 0 aromatic heterocycles. The molecule has 2 rings (SSSR count). The molecule has 20 heavy (non-hydrogen) atoms. The van der Waals surface area contributed by atoms with Crippen molar-refractivity contribution in [3.8, 4) is 0 Å². The molecular weight excluding hydrogens is 326 g/mol. The molecular formula is C14H14BrNO4. The average Bonchev–Trinajstić information content (AvgIpc) is 2.53. The standard InChI is InChI=1S/C14H14BrNO4/c1-14(2)6-11(17)16(13(14)20)7-9-4-3-8(12(18)19)5-10(9)15/h3-5H,6-7H2,1-2H3,(H,18,19). The van der Waals surface area contributed by atoms with E-state index in [2.05, 4.69) is 15.9 Å². The molecule has 2 amide bonds. The summed E-state index contributed by atoms with van der Waals surface area (Å²) in [5.41, 5.74) is 0.194. The predicted octanol–water partition coefficient (Wildman–Crippen LogP) is 2.43. The van der Waals surface area contributed by atoms with E-state index in [4.69, 9.17) is 5.11 Å². The molecule has 0 saturated carbocycles. The topological polar surface area (TPSA) is 74.7 Å². The van der Waals surface area contributed by atoms with Crippen LogP contribution in [0.3, 0.4) is 0 Å². The van der Waals surface area contributed by atoms with Crippen LogP contribution in [0.4, 0.5) is 0 Å². The van der Waals surface area contributed by atoms with E-state index in [1.54, 1.807) is 19.9 Å². The number of carbonyl (C=O) groups is 3. The molecule has 106 valence electrons. The van der Waals surface area contributed by atoms with Crippen molar-refractivity contribution in [1.82, 2.24) is 4.90 Å². The van der Waals surface area contributed by atoms with Gasteiger partial charge < -0.3 is 5.11 Å². The van der Waals surface area contributed by atoms with E-state index in [1.165, 1.54) is 17.0 Å². The monoisotopic (exact) mass is 339 g/mol. The van der Waals surface area contributed by atoms with Crippen LogP contribution >= 0.6 is 15.9 Å². The van der Waals surface area contributed by atoms with Gasteiger partial charge in [0.15, 0.2) is 0 Å².